The first-order chi connectivity index (χ1) is 15.1. The number of hydrogen-bond acceptors (Lipinski definition) is 1. The second kappa shape index (κ2) is 8.56. The molecule has 2 fully saturated rings. The molecule has 2 saturated carbocycles. The lowest BCUT2D eigenvalue weighted by Gasteiger charge is -2.21. The van der Waals surface area contributed by atoms with Crippen LogP contribution in [-0.2, 0) is 12.4 Å². The van der Waals surface area contributed by atoms with Gasteiger partial charge in [-0.1, -0.05) is 37.8 Å². The highest BCUT2D eigenvalue weighted by molar-refractivity contribution is 6.11. The van der Waals surface area contributed by atoms with Gasteiger partial charge in [-0.2, -0.15) is 26.3 Å². The normalized spacial score (nSPS) is 18.4. The van der Waals surface area contributed by atoms with E-state index in [1.54, 1.807) is 0 Å². The summed E-state index contributed by atoms with van der Waals surface area (Å²) in [4.78, 5) is 13.6. The summed E-state index contributed by atoms with van der Waals surface area (Å²) in [6.45, 7) is 0. The van der Waals surface area contributed by atoms with E-state index >= 15 is 0 Å². The van der Waals surface area contributed by atoms with E-state index in [0.29, 0.717) is 36.8 Å². The summed E-state index contributed by atoms with van der Waals surface area (Å²) in [6, 6.07) is 6.31. The molecule has 0 aliphatic heterocycles. The van der Waals surface area contributed by atoms with Crippen LogP contribution in [0.3, 0.4) is 0 Å². The van der Waals surface area contributed by atoms with Crippen molar-refractivity contribution in [3.63, 3.8) is 0 Å². The van der Waals surface area contributed by atoms with Crippen molar-refractivity contribution in [1.82, 2.24) is 0 Å². The minimum atomic E-state index is -4.53. The Bertz CT molecular complexity index is 913. The van der Waals surface area contributed by atoms with Gasteiger partial charge in [0.05, 0.1) is 11.1 Å². The lowest BCUT2D eigenvalue weighted by atomic mass is 9.84. The van der Waals surface area contributed by atoms with Crippen molar-refractivity contribution in [3.8, 4) is 0 Å². The minimum Gasteiger partial charge on any atom is -0.289 e. The van der Waals surface area contributed by atoms with Crippen molar-refractivity contribution in [2.45, 2.75) is 75.6 Å². The number of ketones is 1. The van der Waals surface area contributed by atoms with Crippen LogP contribution in [0.4, 0.5) is 26.3 Å². The molecule has 0 amide bonds. The number of carbonyl (C=O) groups is 1. The first kappa shape index (κ1) is 22.9. The molecule has 1 nitrogen and oxygen atoms in total. The molecule has 2 aromatic rings. The standard InChI is InChI=1S/C25H24F6O/c26-24(27,28)17-9-11-19(21(13-17)15-5-1-2-6-15)23(32)20-12-10-18(25(29,30)31)14-22(20)16-7-3-4-8-16/h9-16H,1-8H2. The van der Waals surface area contributed by atoms with E-state index in [2.05, 4.69) is 0 Å². The van der Waals surface area contributed by atoms with Crippen LogP contribution in [0.2, 0.25) is 0 Å². The van der Waals surface area contributed by atoms with Crippen molar-refractivity contribution in [2.75, 3.05) is 0 Å². The monoisotopic (exact) mass is 454 g/mol. The van der Waals surface area contributed by atoms with Gasteiger partial charge in [-0.15, -0.1) is 0 Å². The lowest BCUT2D eigenvalue weighted by molar-refractivity contribution is -0.138. The van der Waals surface area contributed by atoms with E-state index in [1.807, 2.05) is 0 Å². The molecule has 0 bridgehead atoms. The maximum atomic E-state index is 13.6. The molecule has 0 spiro atoms. The summed E-state index contributed by atoms with van der Waals surface area (Å²) in [5.41, 5.74) is -0.550. The summed E-state index contributed by atoms with van der Waals surface area (Å²) in [7, 11) is 0. The molecule has 0 saturated heterocycles. The van der Waals surface area contributed by atoms with E-state index in [1.165, 1.54) is 12.1 Å². The summed E-state index contributed by atoms with van der Waals surface area (Å²) in [6.07, 6.45) is -2.76. The molecular weight excluding hydrogens is 430 g/mol. The maximum absolute atomic E-state index is 13.6. The Hall–Kier alpha value is -2.31. The van der Waals surface area contributed by atoms with E-state index in [4.69, 9.17) is 0 Å². The molecule has 2 aliphatic carbocycles. The molecule has 0 atom stereocenters. The second-order valence-corrected chi connectivity index (χ2v) is 8.89. The average molecular weight is 454 g/mol. The van der Waals surface area contributed by atoms with Crippen LogP contribution in [0.25, 0.3) is 0 Å². The SMILES string of the molecule is O=C(c1ccc(C(F)(F)F)cc1C1CCCC1)c1ccc(C(F)(F)F)cc1C1CCCC1. The van der Waals surface area contributed by atoms with Crippen molar-refractivity contribution >= 4 is 5.78 Å². The van der Waals surface area contributed by atoms with Crippen LogP contribution in [0.1, 0.15) is 101 Å². The van der Waals surface area contributed by atoms with Crippen LogP contribution < -0.4 is 0 Å². The molecular formula is C25H24F6O. The average Bonchev–Trinajstić information content (AvgIpc) is 3.45. The van der Waals surface area contributed by atoms with Crippen LogP contribution >= 0.6 is 0 Å². The van der Waals surface area contributed by atoms with Gasteiger partial charge in [0.15, 0.2) is 5.78 Å². The Labute approximate surface area is 182 Å². The molecule has 4 rings (SSSR count). The molecule has 0 radical (unpaired) electrons. The quantitative estimate of drug-likeness (QED) is 0.336. The number of benzene rings is 2. The number of rotatable bonds is 4. The van der Waals surface area contributed by atoms with Gasteiger partial charge in [-0.25, -0.2) is 0 Å². The van der Waals surface area contributed by atoms with Gasteiger partial charge in [0.2, 0.25) is 0 Å². The second-order valence-electron chi connectivity index (χ2n) is 8.89. The third kappa shape index (κ3) is 4.57. The number of hydrogen-bond donors (Lipinski definition) is 0. The molecule has 0 N–H and O–H groups in total. The van der Waals surface area contributed by atoms with Crippen molar-refractivity contribution in [1.29, 1.82) is 0 Å². The minimum absolute atomic E-state index is 0.152. The first-order valence-corrected chi connectivity index (χ1v) is 11.0. The number of halogens is 6. The van der Waals surface area contributed by atoms with Gasteiger partial charge >= 0.3 is 12.4 Å². The Kier molecular flexibility index (Phi) is 6.12. The topological polar surface area (TPSA) is 17.1 Å². The van der Waals surface area contributed by atoms with Crippen LogP contribution in [0.5, 0.6) is 0 Å². The lowest BCUT2D eigenvalue weighted by Crippen LogP contribution is -2.15. The fourth-order valence-corrected chi connectivity index (χ4v) is 5.19. The van der Waals surface area contributed by atoms with Crippen molar-refractivity contribution in [3.05, 3.63) is 69.8 Å². The van der Waals surface area contributed by atoms with Crippen molar-refractivity contribution < 1.29 is 31.1 Å². The maximum Gasteiger partial charge on any atom is 0.416 e. The Balaban J connectivity index is 1.82. The summed E-state index contributed by atoms with van der Waals surface area (Å²) in [5, 5.41) is 0. The smallest absolute Gasteiger partial charge is 0.289 e. The predicted octanol–water partition coefficient (Wildman–Crippen LogP) is 8.27. The third-order valence-electron chi connectivity index (χ3n) is 6.84. The Morgan fingerprint density at radius 3 is 1.28 bits per heavy atom. The van der Waals surface area contributed by atoms with Gasteiger partial charge in [0.25, 0.3) is 0 Å². The van der Waals surface area contributed by atoms with Gasteiger partial charge in [-0.3, -0.25) is 4.79 Å². The van der Waals surface area contributed by atoms with Gasteiger partial charge in [0, 0.05) is 11.1 Å². The molecule has 0 unspecified atom stereocenters. The highest BCUT2D eigenvalue weighted by Gasteiger charge is 2.36. The number of alkyl halides is 6. The summed E-state index contributed by atoms with van der Waals surface area (Å²) < 4.78 is 80.1. The first-order valence-electron chi connectivity index (χ1n) is 11.0. The zero-order chi connectivity index (χ0) is 23.1. The molecule has 2 aliphatic rings. The van der Waals surface area contributed by atoms with E-state index in [-0.39, 0.29) is 23.0 Å². The molecule has 172 valence electrons. The van der Waals surface area contributed by atoms with Gasteiger partial charge < -0.3 is 0 Å². The molecule has 2 aromatic carbocycles. The predicted molar refractivity (Wildman–Crippen MR) is 109 cm³/mol. The molecule has 0 heterocycles. The zero-order valence-electron chi connectivity index (χ0n) is 17.5. The third-order valence-corrected chi connectivity index (χ3v) is 6.84. The van der Waals surface area contributed by atoms with Gasteiger partial charge in [0.1, 0.15) is 0 Å². The molecule has 7 heteroatoms. The molecule has 0 aromatic heterocycles. The summed E-state index contributed by atoms with van der Waals surface area (Å²) in [5.74, 6) is -0.794. The zero-order valence-corrected chi connectivity index (χ0v) is 17.5. The van der Waals surface area contributed by atoms with E-state index in [0.717, 1.165) is 49.9 Å². The Morgan fingerprint density at radius 2 is 0.969 bits per heavy atom. The highest BCUT2D eigenvalue weighted by atomic mass is 19.4. The van der Waals surface area contributed by atoms with Crippen LogP contribution in [-0.4, -0.2) is 5.78 Å². The summed E-state index contributed by atoms with van der Waals surface area (Å²) >= 11 is 0. The van der Waals surface area contributed by atoms with Crippen molar-refractivity contribution in [2.24, 2.45) is 0 Å². The fraction of sp³-hybridized carbons (Fsp3) is 0.480. The van der Waals surface area contributed by atoms with E-state index < -0.39 is 29.3 Å². The Morgan fingerprint density at radius 1 is 0.625 bits per heavy atom. The van der Waals surface area contributed by atoms with Gasteiger partial charge in [-0.05, 0) is 72.9 Å². The fourth-order valence-electron chi connectivity index (χ4n) is 5.19. The number of carbonyl (C=O) groups excluding carboxylic acids is 1. The molecule has 32 heavy (non-hydrogen) atoms. The largest absolute Gasteiger partial charge is 0.416 e. The highest BCUT2D eigenvalue weighted by Crippen LogP contribution is 2.42. The van der Waals surface area contributed by atoms with Crippen LogP contribution in [0.15, 0.2) is 36.4 Å². The van der Waals surface area contributed by atoms with Crippen LogP contribution in [0, 0.1) is 0 Å². The van der Waals surface area contributed by atoms with E-state index in [9.17, 15) is 31.1 Å².